The predicted octanol–water partition coefficient (Wildman–Crippen LogP) is -17.7. The number of aliphatic carboxylic acids is 9. The molecule has 63 nitrogen and oxygen atoms in total. The minimum atomic E-state index is -2.62. The monoisotopic (exact) mass is 2170 g/mol. The smallest absolute Gasteiger partial charge is 0.364 e. The number of hydrogen-bond acceptors (Lipinski definition) is 54. The molecule has 9 rings (SSSR count). The van der Waals surface area contributed by atoms with Gasteiger partial charge in [-0.15, -0.1) is 0 Å². The molecule has 48 atom stereocenters. The van der Waals surface area contributed by atoms with Crippen molar-refractivity contribution in [1.82, 2.24) is 0 Å². The average molecular weight is 2170 g/mol. The summed E-state index contributed by atoms with van der Waals surface area (Å²) in [7, 11) is 0. The Kier molecular flexibility index (Phi) is 54.2. The molecule has 9 saturated heterocycles. The Bertz CT molecular complexity index is 3460. The quantitative estimate of drug-likeness (QED) is 0.0363. The first-order valence-corrected chi connectivity index (χ1v) is 45.6. The zero-order chi connectivity index (χ0) is 115. The van der Waals surface area contributed by atoms with Crippen LogP contribution in [0.5, 0.6) is 0 Å². The van der Waals surface area contributed by atoms with E-state index in [2.05, 4.69) is 0 Å². The van der Waals surface area contributed by atoms with E-state index in [1.165, 1.54) is 41.5 Å². The first-order chi connectivity index (χ1) is 66.9. The van der Waals surface area contributed by atoms with Gasteiger partial charge in [-0.05, 0) is 20.8 Å². The molecule has 0 spiro atoms. The molecule has 147 heavy (non-hydrogen) atoms. The average Bonchev–Trinajstić information content (AvgIpc) is 0.784. The van der Waals surface area contributed by atoms with Crippen LogP contribution in [0.1, 0.15) is 141 Å². The number of hydrogen-bond donors (Lipinski definition) is 45. The number of rotatable bonds is 27. The maximum absolute atomic E-state index is 10.9. The van der Waals surface area contributed by atoms with Crippen molar-refractivity contribution >= 4 is 53.7 Å². The molecule has 0 aliphatic carbocycles. The molecule has 0 saturated carbocycles. The SMILES string of the molecule is CC1C(O)CC(O)(C(=O)O)OC1C(O)C(O)CO.CC1C(O)CC(O)(C(=O)O)OC1C(O)C(O)CO.CC1C(O)CC(O)(C(=O)O)OC1C(O)C(O)CO.CC1C(O)CC(O)(C(=O)O)OC1C(O)C(O)CO.CC1C(O)CC(O)(C(=O)O)OC1C(O)C(O)CO.CC1C(O)CC(O)(C(=O)O)OC1C(O)C(O)CO.CC1OC(O)(C(=O)O)CC(O)C1C.CC1OC(O)(C(=O)O)CC(O)C1C.CC1OC(O)(C(=O)O)CC(O)C1C. The van der Waals surface area contributed by atoms with Gasteiger partial charge in [-0.25, -0.2) is 43.2 Å². The summed E-state index contributed by atoms with van der Waals surface area (Å²) in [5.41, 5.74) is 0. The third kappa shape index (κ3) is 36.3. The number of ether oxygens (including phenoxy) is 9. The van der Waals surface area contributed by atoms with E-state index in [-0.39, 0.29) is 37.0 Å². The topological polar surface area (TPSA) is 1150 Å². The van der Waals surface area contributed by atoms with Crippen molar-refractivity contribution in [2.45, 2.75) is 376 Å². The van der Waals surface area contributed by atoms with Gasteiger partial charge < -0.3 is 272 Å². The van der Waals surface area contributed by atoms with Crippen molar-refractivity contribution in [3.8, 4) is 0 Å². The van der Waals surface area contributed by atoms with Crippen molar-refractivity contribution in [3.05, 3.63) is 0 Å². The lowest BCUT2D eigenvalue weighted by Gasteiger charge is -2.43. The van der Waals surface area contributed by atoms with Crippen LogP contribution in [0.4, 0.5) is 0 Å². The van der Waals surface area contributed by atoms with Crippen LogP contribution in [0.15, 0.2) is 0 Å². The Morgan fingerprint density at radius 2 is 0.279 bits per heavy atom. The first kappa shape index (κ1) is 138. The van der Waals surface area contributed by atoms with Gasteiger partial charge >= 0.3 is 53.7 Å². The van der Waals surface area contributed by atoms with Crippen LogP contribution < -0.4 is 0 Å². The molecule has 0 radical (unpaired) electrons. The molecule has 0 amide bonds. The fraction of sp³-hybridized carbons (Fsp3) is 0.893. The van der Waals surface area contributed by atoms with E-state index >= 15 is 0 Å². The van der Waals surface area contributed by atoms with Crippen molar-refractivity contribution in [3.63, 3.8) is 0 Å². The lowest BCUT2D eigenvalue weighted by atomic mass is 9.85. The van der Waals surface area contributed by atoms with Crippen LogP contribution in [-0.2, 0) is 85.8 Å². The van der Waals surface area contributed by atoms with E-state index in [9.17, 15) is 196 Å². The second kappa shape index (κ2) is 57.6. The molecule has 9 aliphatic heterocycles. The Balaban J connectivity index is 0.000000829. The van der Waals surface area contributed by atoms with Crippen LogP contribution in [0.3, 0.4) is 0 Å². The minimum Gasteiger partial charge on any atom is -0.477 e. The molecule has 9 aliphatic rings. The number of aliphatic hydroxyl groups is 36. The Hall–Kier alpha value is -6.57. The van der Waals surface area contributed by atoms with E-state index < -0.39 is 403 Å². The maximum Gasteiger partial charge on any atom is 0.364 e. The summed E-state index contributed by atoms with van der Waals surface area (Å²) in [5, 5.41) is 418. The van der Waals surface area contributed by atoms with Gasteiger partial charge in [-0.1, -0.05) is 62.3 Å². The molecule has 45 N–H and O–H groups in total. The molecule has 0 bridgehead atoms. The summed E-state index contributed by atoms with van der Waals surface area (Å²) in [6.07, 6.45) is -42.2. The standard InChI is InChI=1S/6C10H18O8.3C8H14O5/c6*1-4-5(12)2-10(17,9(15)16)18-8(4)7(14)6(13)3-11;3*1-4-5(2)13-8(12,7(10)11)3-6(4)9/h6*4-8,11-14,17H,2-3H2,1H3,(H,15,16);3*4-6,9,12H,3H2,1-2H3,(H,10,11). The van der Waals surface area contributed by atoms with E-state index in [0.717, 1.165) is 0 Å². The molecular weight excluding hydrogens is 2020 g/mol. The maximum atomic E-state index is 10.9. The van der Waals surface area contributed by atoms with E-state index in [1.54, 1.807) is 41.5 Å². The number of aliphatic hydroxyl groups excluding tert-OH is 27. The zero-order valence-electron chi connectivity index (χ0n) is 81.6. The Morgan fingerprint density at radius 1 is 0.190 bits per heavy atom. The molecule has 9 fully saturated rings. The first-order valence-electron chi connectivity index (χ1n) is 45.6. The number of carboxylic acids is 9. The van der Waals surface area contributed by atoms with Crippen molar-refractivity contribution < 1.29 is 316 Å². The lowest BCUT2D eigenvalue weighted by Crippen LogP contribution is -2.60. The van der Waals surface area contributed by atoms with Crippen LogP contribution in [0.25, 0.3) is 0 Å². The predicted molar refractivity (Wildman–Crippen MR) is 467 cm³/mol. The highest BCUT2D eigenvalue weighted by molar-refractivity contribution is 5.79. The van der Waals surface area contributed by atoms with E-state index in [1.807, 2.05) is 0 Å². The normalized spacial score (nSPS) is 41.8. The fourth-order valence-corrected chi connectivity index (χ4v) is 15.6. The minimum absolute atomic E-state index is 0.167. The zero-order valence-corrected chi connectivity index (χ0v) is 81.6. The van der Waals surface area contributed by atoms with Gasteiger partial charge in [-0.3, -0.25) is 0 Å². The van der Waals surface area contributed by atoms with Crippen molar-refractivity contribution in [2.24, 2.45) is 53.3 Å². The van der Waals surface area contributed by atoms with Crippen LogP contribution in [0, 0.1) is 53.3 Å². The fourth-order valence-electron chi connectivity index (χ4n) is 15.6. The van der Waals surface area contributed by atoms with E-state index in [0.29, 0.717) is 0 Å². The lowest BCUT2D eigenvalue weighted by molar-refractivity contribution is -0.302. The van der Waals surface area contributed by atoms with E-state index in [4.69, 9.17) is 119 Å². The summed E-state index contributed by atoms with van der Waals surface area (Å²) < 4.78 is 44.0. The molecule has 63 heteroatoms. The highest BCUT2D eigenvalue weighted by Gasteiger charge is 2.60. The van der Waals surface area contributed by atoms with Crippen LogP contribution in [0.2, 0.25) is 0 Å². The molecule has 0 aromatic heterocycles. The molecular formula is C84H150O63. The van der Waals surface area contributed by atoms with Crippen molar-refractivity contribution in [1.29, 1.82) is 0 Å². The third-order valence-electron chi connectivity index (χ3n) is 26.8. The molecule has 48 unspecified atom stereocenters. The molecule has 0 aromatic rings. The number of carbonyl (C=O) groups is 9. The third-order valence-corrected chi connectivity index (χ3v) is 26.8. The Morgan fingerprint density at radius 3 is 0.361 bits per heavy atom. The summed E-state index contributed by atoms with van der Waals surface area (Å²) in [5.74, 6) is -41.7. The van der Waals surface area contributed by atoms with Crippen molar-refractivity contribution in [2.75, 3.05) is 39.6 Å². The van der Waals surface area contributed by atoms with Gasteiger partial charge in [0.2, 0.25) is 0 Å². The highest BCUT2D eigenvalue weighted by Crippen LogP contribution is 2.42. The second-order valence-electron chi connectivity index (χ2n) is 37.9. The van der Waals surface area contributed by atoms with Gasteiger partial charge in [0.15, 0.2) is 0 Å². The highest BCUT2D eigenvalue weighted by atomic mass is 16.7. The molecule has 0 aromatic carbocycles. The van der Waals surface area contributed by atoms with Gasteiger partial charge in [0, 0.05) is 111 Å². The van der Waals surface area contributed by atoms with Gasteiger partial charge in [0.1, 0.15) is 73.2 Å². The van der Waals surface area contributed by atoms with Crippen LogP contribution in [-0.4, -0.2) is 558 Å². The molecule has 864 valence electrons. The summed E-state index contributed by atoms with van der Waals surface area (Å²) in [6, 6.07) is 0. The van der Waals surface area contributed by atoms with Gasteiger partial charge in [0.25, 0.3) is 52.1 Å². The summed E-state index contributed by atoms with van der Waals surface area (Å²) in [6.45, 7) is 14.4. The number of carboxylic acid groups (broad SMARTS) is 9. The largest absolute Gasteiger partial charge is 0.477 e. The second-order valence-corrected chi connectivity index (χ2v) is 37.9. The van der Waals surface area contributed by atoms with Gasteiger partial charge in [0.05, 0.1) is 150 Å². The van der Waals surface area contributed by atoms with Crippen LogP contribution >= 0.6 is 0 Å². The summed E-state index contributed by atoms with van der Waals surface area (Å²) in [4.78, 5) is 96.9. The Labute approximate surface area is 835 Å². The van der Waals surface area contributed by atoms with Gasteiger partial charge in [-0.2, -0.15) is 0 Å². The molecule has 9 heterocycles. The summed E-state index contributed by atoms with van der Waals surface area (Å²) >= 11 is 0.